The van der Waals surface area contributed by atoms with Crippen LogP contribution in [-0.2, 0) is 4.79 Å². The van der Waals surface area contributed by atoms with Gasteiger partial charge in [-0.2, -0.15) is 0 Å². The summed E-state index contributed by atoms with van der Waals surface area (Å²) in [7, 11) is 0. The zero-order valence-corrected chi connectivity index (χ0v) is 12.0. The van der Waals surface area contributed by atoms with Crippen LogP contribution < -0.4 is 15.8 Å². The number of carbonyl (C=O) groups is 1. The van der Waals surface area contributed by atoms with Gasteiger partial charge < -0.3 is 15.8 Å². The Labute approximate surface area is 123 Å². The highest BCUT2D eigenvalue weighted by atomic mass is 19.1. The lowest BCUT2D eigenvalue weighted by Gasteiger charge is -2.27. The van der Waals surface area contributed by atoms with Gasteiger partial charge in [0, 0.05) is 24.4 Å². The largest absolute Gasteiger partial charge is 0.490 e. The molecule has 0 bridgehead atoms. The maximum atomic E-state index is 13.7. The molecular weight excluding hydrogens is 271 g/mol. The van der Waals surface area contributed by atoms with Crippen LogP contribution in [0.2, 0.25) is 0 Å². The predicted molar refractivity (Wildman–Crippen MR) is 77.3 cm³/mol. The molecule has 2 aliphatic rings. The summed E-state index contributed by atoms with van der Waals surface area (Å²) in [5, 5.41) is 3.02. The van der Waals surface area contributed by atoms with Gasteiger partial charge in [0.2, 0.25) is 5.91 Å². The Morgan fingerprint density at radius 2 is 2.24 bits per heavy atom. The lowest BCUT2D eigenvalue weighted by Crippen LogP contribution is -2.33. The summed E-state index contributed by atoms with van der Waals surface area (Å²) in [5.41, 5.74) is 6.61. The summed E-state index contributed by atoms with van der Waals surface area (Å²) in [6, 6.07) is 4.92. The fourth-order valence-electron chi connectivity index (χ4n) is 3.35. The van der Waals surface area contributed by atoms with Crippen LogP contribution in [0.25, 0.3) is 0 Å². The van der Waals surface area contributed by atoms with Crippen LogP contribution in [0, 0.1) is 11.7 Å². The highest BCUT2D eigenvalue weighted by Crippen LogP contribution is 2.34. The number of benzene rings is 1. The smallest absolute Gasteiger partial charge is 0.220 e. The normalized spacial score (nSPS) is 27.8. The number of ether oxygens (including phenoxy) is 1. The van der Waals surface area contributed by atoms with Gasteiger partial charge in [-0.25, -0.2) is 4.39 Å². The Hall–Kier alpha value is -1.62. The van der Waals surface area contributed by atoms with Crippen molar-refractivity contribution in [3.05, 3.63) is 29.6 Å². The molecule has 1 amide bonds. The van der Waals surface area contributed by atoms with Gasteiger partial charge in [0.05, 0.1) is 12.6 Å². The van der Waals surface area contributed by atoms with Gasteiger partial charge in [-0.1, -0.05) is 12.1 Å². The van der Waals surface area contributed by atoms with Crippen LogP contribution in [0.1, 0.15) is 43.7 Å². The maximum absolute atomic E-state index is 13.7. The average Bonchev–Trinajstić information content (AvgIpc) is 2.85. The van der Waals surface area contributed by atoms with Crippen LogP contribution in [0.5, 0.6) is 5.75 Å². The van der Waals surface area contributed by atoms with Crippen molar-refractivity contribution in [1.82, 2.24) is 5.32 Å². The lowest BCUT2D eigenvalue weighted by molar-refractivity contribution is -0.122. The molecule has 1 fully saturated rings. The van der Waals surface area contributed by atoms with Crippen LogP contribution in [0.3, 0.4) is 0 Å². The van der Waals surface area contributed by atoms with Gasteiger partial charge in [0.25, 0.3) is 0 Å². The molecule has 1 aromatic rings. The molecule has 1 aromatic carbocycles. The number of amides is 1. The molecule has 1 aliphatic heterocycles. The van der Waals surface area contributed by atoms with E-state index in [1.54, 1.807) is 6.07 Å². The second-order valence-corrected chi connectivity index (χ2v) is 6.06. The topological polar surface area (TPSA) is 64.4 Å². The molecular formula is C16H21FN2O2. The zero-order valence-electron chi connectivity index (χ0n) is 12.0. The van der Waals surface area contributed by atoms with Crippen molar-refractivity contribution >= 4 is 5.91 Å². The number of hydrogen-bond acceptors (Lipinski definition) is 3. The Kier molecular flexibility index (Phi) is 4.10. The molecule has 21 heavy (non-hydrogen) atoms. The molecule has 0 radical (unpaired) electrons. The maximum Gasteiger partial charge on any atom is 0.220 e. The van der Waals surface area contributed by atoms with E-state index in [1.165, 1.54) is 6.07 Å². The number of nitrogens with one attached hydrogen (secondary N) is 1. The third-order valence-electron chi connectivity index (χ3n) is 4.42. The number of nitrogens with two attached hydrogens (primary N) is 1. The lowest BCUT2D eigenvalue weighted by atomic mass is 9.98. The molecule has 0 aromatic heterocycles. The molecule has 1 saturated carbocycles. The minimum Gasteiger partial charge on any atom is -0.490 e. The van der Waals surface area contributed by atoms with Crippen molar-refractivity contribution in [3.8, 4) is 5.75 Å². The van der Waals surface area contributed by atoms with Crippen molar-refractivity contribution in [3.63, 3.8) is 0 Å². The summed E-state index contributed by atoms with van der Waals surface area (Å²) in [5.74, 6) is 0.313. The zero-order chi connectivity index (χ0) is 14.8. The molecule has 4 nitrogen and oxygen atoms in total. The van der Waals surface area contributed by atoms with E-state index >= 15 is 0 Å². The molecule has 1 aliphatic carbocycles. The first kappa shape index (κ1) is 14.3. The van der Waals surface area contributed by atoms with Crippen molar-refractivity contribution in [2.45, 2.75) is 44.2 Å². The number of hydrogen-bond donors (Lipinski definition) is 2. The summed E-state index contributed by atoms with van der Waals surface area (Å²) >= 11 is 0. The number of halogens is 1. The van der Waals surface area contributed by atoms with E-state index < -0.39 is 0 Å². The van der Waals surface area contributed by atoms with Crippen LogP contribution >= 0.6 is 0 Å². The van der Waals surface area contributed by atoms with Gasteiger partial charge in [0.1, 0.15) is 0 Å². The van der Waals surface area contributed by atoms with Crippen LogP contribution in [0.15, 0.2) is 18.2 Å². The molecule has 3 atom stereocenters. The Morgan fingerprint density at radius 3 is 3.00 bits per heavy atom. The number of fused-ring (bicyclic) bond motifs is 1. The predicted octanol–water partition coefficient (Wildman–Crippen LogP) is 2.28. The Bertz CT molecular complexity index is 535. The van der Waals surface area contributed by atoms with E-state index in [0.29, 0.717) is 25.4 Å². The summed E-state index contributed by atoms with van der Waals surface area (Å²) in [6.45, 7) is 0.424. The van der Waals surface area contributed by atoms with Gasteiger partial charge in [-0.15, -0.1) is 0 Å². The minimum absolute atomic E-state index is 0.0243. The minimum atomic E-state index is -0.367. The number of rotatable bonds is 3. The third kappa shape index (κ3) is 3.18. The monoisotopic (exact) mass is 292 g/mol. The molecule has 0 spiro atoms. The van der Waals surface area contributed by atoms with E-state index in [2.05, 4.69) is 5.32 Å². The second kappa shape index (κ2) is 6.02. The van der Waals surface area contributed by atoms with Gasteiger partial charge in [0.15, 0.2) is 11.6 Å². The Morgan fingerprint density at radius 1 is 1.38 bits per heavy atom. The van der Waals surface area contributed by atoms with E-state index in [-0.39, 0.29) is 29.6 Å². The average molecular weight is 292 g/mol. The van der Waals surface area contributed by atoms with Crippen molar-refractivity contribution in [2.24, 2.45) is 11.7 Å². The van der Waals surface area contributed by atoms with Gasteiger partial charge >= 0.3 is 0 Å². The van der Waals surface area contributed by atoms with Crippen molar-refractivity contribution < 1.29 is 13.9 Å². The molecule has 0 saturated heterocycles. The van der Waals surface area contributed by atoms with E-state index in [1.807, 2.05) is 6.07 Å². The number of carbonyl (C=O) groups excluding carboxylic acids is 1. The Balaban J connectivity index is 1.64. The highest BCUT2D eigenvalue weighted by Gasteiger charge is 2.28. The van der Waals surface area contributed by atoms with E-state index in [0.717, 1.165) is 24.8 Å². The van der Waals surface area contributed by atoms with Crippen LogP contribution in [-0.4, -0.2) is 18.6 Å². The molecule has 1 heterocycles. The molecule has 3 N–H and O–H groups in total. The molecule has 0 unspecified atom stereocenters. The summed E-state index contributed by atoms with van der Waals surface area (Å²) in [6.07, 6.45) is 4.13. The standard InChI is InChI=1S/C16H21FN2O2/c17-13-3-1-2-12-14(6-7-21-16(12)13)19-15(20)9-10-4-5-11(18)8-10/h1-3,10-11,14H,4-9,18H2,(H,19,20)/t10-,11+,14-/m1/s1. The first-order valence-corrected chi connectivity index (χ1v) is 7.59. The quantitative estimate of drug-likeness (QED) is 0.898. The molecule has 3 rings (SSSR count). The molecule has 5 heteroatoms. The highest BCUT2D eigenvalue weighted by molar-refractivity contribution is 5.77. The first-order valence-electron chi connectivity index (χ1n) is 7.59. The van der Waals surface area contributed by atoms with E-state index in [4.69, 9.17) is 10.5 Å². The van der Waals surface area contributed by atoms with E-state index in [9.17, 15) is 9.18 Å². The fourth-order valence-corrected chi connectivity index (χ4v) is 3.35. The number of para-hydroxylation sites is 1. The van der Waals surface area contributed by atoms with Crippen LogP contribution in [0.4, 0.5) is 4.39 Å². The second-order valence-electron chi connectivity index (χ2n) is 6.06. The van der Waals surface area contributed by atoms with Gasteiger partial charge in [-0.05, 0) is 31.2 Å². The fraction of sp³-hybridized carbons (Fsp3) is 0.562. The van der Waals surface area contributed by atoms with Crippen molar-refractivity contribution in [2.75, 3.05) is 6.61 Å². The third-order valence-corrected chi connectivity index (χ3v) is 4.42. The summed E-state index contributed by atoms with van der Waals surface area (Å²) < 4.78 is 19.1. The first-order chi connectivity index (χ1) is 10.1. The van der Waals surface area contributed by atoms with Crippen molar-refractivity contribution in [1.29, 1.82) is 0 Å². The summed E-state index contributed by atoms with van der Waals surface area (Å²) in [4.78, 5) is 12.2. The SMILES string of the molecule is N[C@H]1CC[C@@H](CC(=O)N[C@@H]2CCOc3c(F)cccc32)C1. The molecule has 114 valence electrons. The van der Waals surface area contributed by atoms with Gasteiger partial charge in [-0.3, -0.25) is 4.79 Å².